The molecule has 0 fully saturated rings. The monoisotopic (exact) mass is 570 g/mol. The molecule has 0 aliphatic heterocycles. The Morgan fingerprint density at radius 1 is 0.775 bits per heavy atom. The van der Waals surface area contributed by atoms with Gasteiger partial charge in [0.05, 0.1) is 29.2 Å². The normalized spacial score (nSPS) is 12.8. The number of aryl methyl sites for hydroxylation is 1. The number of ether oxygens (including phenoxy) is 4. The van der Waals surface area contributed by atoms with Crippen molar-refractivity contribution in [2.24, 2.45) is 5.92 Å². The van der Waals surface area contributed by atoms with Crippen LogP contribution in [0.25, 0.3) is 0 Å². The molecule has 2 atom stereocenters. The van der Waals surface area contributed by atoms with E-state index in [1.807, 2.05) is 6.92 Å². The highest BCUT2D eigenvalue weighted by Gasteiger charge is 2.27. The number of carbonyl (C=O) groups is 2. The summed E-state index contributed by atoms with van der Waals surface area (Å²) in [5.74, 6) is -1.51. The molecule has 3 aromatic carbocycles. The van der Waals surface area contributed by atoms with Crippen LogP contribution in [0.4, 0.5) is 0 Å². The molecule has 0 aromatic heterocycles. The molecule has 40 heavy (non-hydrogen) atoms. The maximum atomic E-state index is 12.6. The number of hydrogen-bond acceptors (Lipinski definition) is 9. The van der Waals surface area contributed by atoms with E-state index in [0.29, 0.717) is 24.0 Å². The SMILES string of the molecule is COCO[C@H](COC(=O)c1ccccc1)[C@@H](CCCOS(=O)(=O)c1ccc(C)cc1)COC(=O)c1ccccc1. The molecule has 0 aliphatic carbocycles. The van der Waals surface area contributed by atoms with Crippen LogP contribution in [0.3, 0.4) is 0 Å². The minimum atomic E-state index is -3.93. The molecule has 0 saturated carbocycles. The molecule has 0 unspecified atom stereocenters. The van der Waals surface area contributed by atoms with Crippen molar-refractivity contribution >= 4 is 22.1 Å². The van der Waals surface area contributed by atoms with Gasteiger partial charge in [-0.2, -0.15) is 8.42 Å². The summed E-state index contributed by atoms with van der Waals surface area (Å²) in [6, 6.07) is 23.4. The minimum absolute atomic E-state index is 0.0598. The highest BCUT2D eigenvalue weighted by molar-refractivity contribution is 7.86. The van der Waals surface area contributed by atoms with Gasteiger partial charge in [-0.15, -0.1) is 0 Å². The van der Waals surface area contributed by atoms with Gasteiger partial charge in [-0.1, -0.05) is 54.1 Å². The van der Waals surface area contributed by atoms with Gasteiger partial charge in [0, 0.05) is 13.0 Å². The van der Waals surface area contributed by atoms with E-state index < -0.39 is 34.1 Å². The second-order valence-corrected chi connectivity index (χ2v) is 10.6. The lowest BCUT2D eigenvalue weighted by atomic mass is 9.98. The van der Waals surface area contributed by atoms with Gasteiger partial charge in [-0.05, 0) is 56.2 Å². The Hall–Kier alpha value is -3.57. The second kappa shape index (κ2) is 15.9. The first-order chi connectivity index (χ1) is 19.3. The number of rotatable bonds is 16. The zero-order valence-electron chi connectivity index (χ0n) is 22.6. The summed E-state index contributed by atoms with van der Waals surface area (Å²) in [5, 5.41) is 0. The molecule has 0 spiro atoms. The summed E-state index contributed by atoms with van der Waals surface area (Å²) >= 11 is 0. The lowest BCUT2D eigenvalue weighted by molar-refractivity contribution is -0.117. The Bertz CT molecular complexity index is 1290. The van der Waals surface area contributed by atoms with Crippen LogP contribution in [0, 0.1) is 12.8 Å². The number of carbonyl (C=O) groups excluding carboxylic acids is 2. The Balaban J connectivity index is 1.67. The fourth-order valence-electron chi connectivity index (χ4n) is 3.80. The van der Waals surface area contributed by atoms with E-state index in [1.165, 1.54) is 19.2 Å². The van der Waals surface area contributed by atoms with Crippen molar-refractivity contribution in [2.45, 2.75) is 30.8 Å². The van der Waals surface area contributed by atoms with Gasteiger partial charge >= 0.3 is 11.9 Å². The Morgan fingerprint density at radius 3 is 1.88 bits per heavy atom. The lowest BCUT2D eigenvalue weighted by Gasteiger charge is -2.26. The predicted octanol–water partition coefficient (Wildman–Crippen LogP) is 4.80. The number of hydrogen-bond donors (Lipinski definition) is 0. The van der Waals surface area contributed by atoms with E-state index >= 15 is 0 Å². The smallest absolute Gasteiger partial charge is 0.338 e. The molecule has 0 radical (unpaired) electrons. The fourth-order valence-corrected chi connectivity index (χ4v) is 4.74. The molecule has 9 nitrogen and oxygen atoms in total. The standard InChI is InChI=1S/C30H34O9S/c1-23-15-17-27(18-16-23)40(33,34)39-19-9-14-26(20-36-29(31)24-10-5-3-6-11-24)28(38-22-35-2)21-37-30(32)25-12-7-4-8-13-25/h3-8,10-13,15-18,26,28H,9,14,19-22H2,1-2H3/t26-,28+/m0/s1. The van der Waals surface area contributed by atoms with E-state index in [-0.39, 0.29) is 31.5 Å². The van der Waals surface area contributed by atoms with E-state index in [2.05, 4.69) is 0 Å². The molecule has 0 bridgehead atoms. The van der Waals surface area contributed by atoms with Crippen LogP contribution in [-0.4, -0.2) is 60.2 Å². The molecule has 0 amide bonds. The lowest BCUT2D eigenvalue weighted by Crippen LogP contribution is -2.35. The van der Waals surface area contributed by atoms with Crippen molar-refractivity contribution in [3.8, 4) is 0 Å². The third-order valence-corrected chi connectivity index (χ3v) is 7.35. The highest BCUT2D eigenvalue weighted by atomic mass is 32.2. The van der Waals surface area contributed by atoms with Crippen LogP contribution in [0.5, 0.6) is 0 Å². The van der Waals surface area contributed by atoms with Crippen LogP contribution < -0.4 is 0 Å². The molecular formula is C30H34O9S. The van der Waals surface area contributed by atoms with Crippen molar-refractivity contribution in [2.75, 3.05) is 33.7 Å². The topological polar surface area (TPSA) is 114 Å². The van der Waals surface area contributed by atoms with Gasteiger partial charge in [0.15, 0.2) is 0 Å². The van der Waals surface area contributed by atoms with E-state index in [0.717, 1.165) is 5.56 Å². The number of benzene rings is 3. The quantitative estimate of drug-likeness (QED) is 0.104. The van der Waals surface area contributed by atoms with E-state index in [4.69, 9.17) is 23.1 Å². The van der Waals surface area contributed by atoms with Gasteiger partial charge in [0.1, 0.15) is 19.5 Å². The predicted molar refractivity (Wildman–Crippen MR) is 147 cm³/mol. The van der Waals surface area contributed by atoms with Gasteiger partial charge in [0.25, 0.3) is 10.1 Å². The molecule has 214 valence electrons. The van der Waals surface area contributed by atoms with E-state index in [9.17, 15) is 18.0 Å². The molecule has 0 heterocycles. The highest BCUT2D eigenvalue weighted by Crippen LogP contribution is 2.20. The van der Waals surface area contributed by atoms with Crippen molar-refractivity contribution < 1.29 is 41.1 Å². The maximum Gasteiger partial charge on any atom is 0.338 e. The Morgan fingerprint density at radius 2 is 1.32 bits per heavy atom. The third kappa shape index (κ3) is 9.87. The fraction of sp³-hybridized carbons (Fsp3) is 0.333. The summed E-state index contributed by atoms with van der Waals surface area (Å²) in [5.41, 5.74) is 1.70. The first kappa shape index (κ1) is 31.0. The first-order valence-electron chi connectivity index (χ1n) is 12.8. The van der Waals surface area contributed by atoms with Crippen LogP contribution in [-0.2, 0) is 33.2 Å². The van der Waals surface area contributed by atoms with Crippen molar-refractivity contribution in [3.05, 3.63) is 102 Å². The summed E-state index contributed by atoms with van der Waals surface area (Å²) in [6.45, 7) is 1.49. The van der Waals surface area contributed by atoms with Crippen LogP contribution in [0.1, 0.15) is 39.1 Å². The average molecular weight is 571 g/mol. The molecule has 0 N–H and O–H groups in total. The van der Waals surface area contributed by atoms with Crippen LogP contribution in [0.15, 0.2) is 89.8 Å². The van der Waals surface area contributed by atoms with Crippen molar-refractivity contribution in [1.82, 2.24) is 0 Å². The first-order valence-corrected chi connectivity index (χ1v) is 14.2. The molecule has 10 heteroatoms. The Labute approximate surface area is 235 Å². The molecule has 0 aliphatic rings. The van der Waals surface area contributed by atoms with Crippen molar-refractivity contribution in [3.63, 3.8) is 0 Å². The minimum Gasteiger partial charge on any atom is -0.462 e. The van der Waals surface area contributed by atoms with Crippen LogP contribution in [0.2, 0.25) is 0 Å². The van der Waals surface area contributed by atoms with Gasteiger partial charge in [0.2, 0.25) is 0 Å². The van der Waals surface area contributed by atoms with Gasteiger partial charge < -0.3 is 18.9 Å². The summed E-state index contributed by atoms with van der Waals surface area (Å²) in [6.07, 6.45) is -0.0502. The summed E-state index contributed by atoms with van der Waals surface area (Å²) in [4.78, 5) is 25.2. The van der Waals surface area contributed by atoms with Gasteiger partial charge in [-0.3, -0.25) is 4.18 Å². The largest absolute Gasteiger partial charge is 0.462 e. The molecule has 3 aromatic rings. The second-order valence-electron chi connectivity index (χ2n) is 9.03. The van der Waals surface area contributed by atoms with Gasteiger partial charge in [-0.25, -0.2) is 9.59 Å². The van der Waals surface area contributed by atoms with Crippen LogP contribution >= 0.6 is 0 Å². The molecular weight excluding hydrogens is 536 g/mol. The zero-order chi connectivity index (χ0) is 28.8. The van der Waals surface area contributed by atoms with E-state index in [1.54, 1.807) is 72.8 Å². The van der Waals surface area contributed by atoms with Crippen molar-refractivity contribution in [1.29, 1.82) is 0 Å². The summed E-state index contributed by atoms with van der Waals surface area (Å²) < 4.78 is 52.3. The third-order valence-electron chi connectivity index (χ3n) is 6.02. The summed E-state index contributed by atoms with van der Waals surface area (Å²) in [7, 11) is -2.47. The molecule has 3 rings (SSSR count). The number of methoxy groups -OCH3 is 1. The zero-order valence-corrected chi connectivity index (χ0v) is 23.4. The average Bonchev–Trinajstić information content (AvgIpc) is 2.98. The molecule has 0 saturated heterocycles. The Kier molecular flexibility index (Phi) is 12.3. The number of esters is 2. The maximum absolute atomic E-state index is 12.6.